The molecule has 1 fully saturated rings. The number of aromatic nitrogens is 1. The zero-order valence-electron chi connectivity index (χ0n) is 16.3. The number of hydrogen-bond donors (Lipinski definition) is 1. The van der Waals surface area contributed by atoms with Crippen molar-refractivity contribution in [2.45, 2.75) is 18.5 Å². The maximum absolute atomic E-state index is 6.28. The molecule has 0 amide bonds. The highest BCUT2D eigenvalue weighted by atomic mass is 35.5. The van der Waals surface area contributed by atoms with Gasteiger partial charge in [0.15, 0.2) is 5.11 Å². The molecule has 4 rings (SSSR count). The monoisotopic (exact) mass is 461 g/mol. The van der Waals surface area contributed by atoms with Crippen molar-refractivity contribution < 1.29 is 9.15 Å². The fourth-order valence-electron chi connectivity index (χ4n) is 3.65. The zero-order chi connectivity index (χ0) is 21.1. The van der Waals surface area contributed by atoms with E-state index in [9.17, 15) is 0 Å². The minimum atomic E-state index is -0.124. The Kier molecular flexibility index (Phi) is 6.58. The molecular weight excluding hydrogens is 441 g/mol. The third kappa shape index (κ3) is 4.32. The smallest absolute Gasteiger partial charge is 0.170 e. The molecule has 3 aromatic rings. The maximum atomic E-state index is 6.28. The summed E-state index contributed by atoms with van der Waals surface area (Å²) in [5.74, 6) is 1.52. The van der Waals surface area contributed by atoms with Crippen molar-refractivity contribution in [3.8, 4) is 11.3 Å². The minimum absolute atomic E-state index is 0.117. The van der Waals surface area contributed by atoms with E-state index in [1.165, 1.54) is 0 Å². The van der Waals surface area contributed by atoms with Gasteiger partial charge in [0.1, 0.15) is 17.6 Å². The van der Waals surface area contributed by atoms with Crippen LogP contribution in [0.15, 0.2) is 59.1 Å². The van der Waals surface area contributed by atoms with Gasteiger partial charge in [0.25, 0.3) is 0 Å². The Hall–Kier alpha value is -2.12. The van der Waals surface area contributed by atoms with E-state index in [2.05, 4.69) is 15.2 Å². The van der Waals surface area contributed by atoms with E-state index < -0.39 is 0 Å². The van der Waals surface area contributed by atoms with Crippen LogP contribution < -0.4 is 5.32 Å². The lowest BCUT2D eigenvalue weighted by Gasteiger charge is -2.26. The summed E-state index contributed by atoms with van der Waals surface area (Å²) in [6, 6.07) is 15.0. The Morgan fingerprint density at radius 3 is 2.77 bits per heavy atom. The first-order chi connectivity index (χ1) is 14.6. The van der Waals surface area contributed by atoms with Crippen molar-refractivity contribution in [1.82, 2.24) is 15.2 Å². The molecule has 156 valence electrons. The van der Waals surface area contributed by atoms with Crippen LogP contribution in [0.5, 0.6) is 0 Å². The van der Waals surface area contributed by atoms with E-state index in [1.54, 1.807) is 25.4 Å². The van der Waals surface area contributed by atoms with E-state index in [0.29, 0.717) is 21.8 Å². The summed E-state index contributed by atoms with van der Waals surface area (Å²) in [7, 11) is 1.70. The molecule has 0 unspecified atom stereocenters. The lowest BCUT2D eigenvalue weighted by Crippen LogP contribution is -2.31. The number of nitrogens with zero attached hydrogens (tertiary/aromatic N) is 2. The molecule has 1 N–H and O–H groups in total. The Labute approximate surface area is 190 Å². The first-order valence-corrected chi connectivity index (χ1v) is 10.8. The van der Waals surface area contributed by atoms with Crippen molar-refractivity contribution in [2.24, 2.45) is 0 Å². The van der Waals surface area contributed by atoms with Crippen LogP contribution in [0, 0.1) is 0 Å². The predicted octanol–water partition coefficient (Wildman–Crippen LogP) is 5.66. The second-order valence-corrected chi connectivity index (χ2v) is 8.20. The molecule has 8 heteroatoms. The average molecular weight is 462 g/mol. The van der Waals surface area contributed by atoms with Crippen LogP contribution in [-0.2, 0) is 4.74 Å². The van der Waals surface area contributed by atoms with Gasteiger partial charge in [-0.05, 0) is 61.1 Å². The van der Waals surface area contributed by atoms with Crippen LogP contribution in [0.2, 0.25) is 10.0 Å². The highest BCUT2D eigenvalue weighted by Gasteiger charge is 2.41. The normalized spacial score (nSPS) is 18.6. The van der Waals surface area contributed by atoms with E-state index in [1.807, 2.05) is 36.4 Å². The van der Waals surface area contributed by atoms with Gasteiger partial charge in [-0.3, -0.25) is 4.98 Å². The Balaban J connectivity index is 1.68. The molecule has 1 aliphatic rings. The summed E-state index contributed by atoms with van der Waals surface area (Å²) < 4.78 is 11.5. The highest BCUT2D eigenvalue weighted by molar-refractivity contribution is 7.80. The largest absolute Gasteiger partial charge is 0.459 e. The summed E-state index contributed by atoms with van der Waals surface area (Å²) in [6.07, 6.45) is 2.64. The maximum Gasteiger partial charge on any atom is 0.170 e. The summed E-state index contributed by atoms with van der Waals surface area (Å²) in [4.78, 5) is 6.68. The molecule has 30 heavy (non-hydrogen) atoms. The van der Waals surface area contributed by atoms with Gasteiger partial charge in [-0.1, -0.05) is 29.3 Å². The average Bonchev–Trinajstić information content (AvgIpc) is 3.36. The fraction of sp³-hybridized carbons (Fsp3) is 0.273. The van der Waals surface area contributed by atoms with Crippen LogP contribution in [-0.4, -0.2) is 35.3 Å². The Morgan fingerprint density at radius 2 is 2.03 bits per heavy atom. The third-order valence-corrected chi connectivity index (χ3v) is 6.16. The van der Waals surface area contributed by atoms with Gasteiger partial charge in [-0.2, -0.15) is 0 Å². The second kappa shape index (κ2) is 9.35. The molecule has 2 aromatic heterocycles. The van der Waals surface area contributed by atoms with Crippen molar-refractivity contribution in [3.63, 3.8) is 0 Å². The molecule has 2 atom stereocenters. The quantitative estimate of drug-likeness (QED) is 0.361. The number of halogens is 2. The van der Waals surface area contributed by atoms with E-state index in [0.717, 1.165) is 35.7 Å². The standard InChI is InChI=1S/C22H21Cl2N3O2S/c1-28-12-4-11-27-21(20(26-22(27)30)17-5-2-3-10-25-17)19-9-8-18(29-19)14-6-7-15(23)16(24)13-14/h2-3,5-10,13,20-21H,4,11-12H2,1H3,(H,26,30)/t20-,21+/m1/s1. The topological polar surface area (TPSA) is 50.5 Å². The van der Waals surface area contributed by atoms with Gasteiger partial charge < -0.3 is 19.4 Å². The van der Waals surface area contributed by atoms with Gasteiger partial charge in [-0.15, -0.1) is 0 Å². The molecule has 3 heterocycles. The van der Waals surface area contributed by atoms with Crippen molar-refractivity contribution in [3.05, 3.63) is 76.2 Å². The Morgan fingerprint density at radius 1 is 1.17 bits per heavy atom. The lowest BCUT2D eigenvalue weighted by atomic mass is 10.0. The van der Waals surface area contributed by atoms with Gasteiger partial charge in [0, 0.05) is 32.0 Å². The van der Waals surface area contributed by atoms with Gasteiger partial charge in [-0.25, -0.2) is 0 Å². The lowest BCUT2D eigenvalue weighted by molar-refractivity contribution is 0.177. The van der Waals surface area contributed by atoms with Crippen LogP contribution >= 0.6 is 35.4 Å². The van der Waals surface area contributed by atoms with Crippen LogP contribution in [0.4, 0.5) is 0 Å². The van der Waals surface area contributed by atoms with Gasteiger partial charge in [0.2, 0.25) is 0 Å². The van der Waals surface area contributed by atoms with Crippen molar-refractivity contribution >= 4 is 40.5 Å². The molecule has 1 aromatic carbocycles. The summed E-state index contributed by atoms with van der Waals surface area (Å²) in [5.41, 5.74) is 1.77. The van der Waals surface area contributed by atoms with Crippen LogP contribution in [0.1, 0.15) is 30.0 Å². The molecule has 1 saturated heterocycles. The number of hydrogen-bond acceptors (Lipinski definition) is 4. The van der Waals surface area contributed by atoms with Crippen molar-refractivity contribution in [2.75, 3.05) is 20.3 Å². The molecule has 1 aliphatic heterocycles. The number of rotatable bonds is 7. The number of methoxy groups -OCH3 is 1. The number of benzene rings is 1. The number of ether oxygens (including phenoxy) is 1. The van der Waals surface area contributed by atoms with Crippen LogP contribution in [0.3, 0.4) is 0 Å². The second-order valence-electron chi connectivity index (χ2n) is 7.00. The number of thiocarbonyl (C=S) groups is 1. The predicted molar refractivity (Wildman–Crippen MR) is 123 cm³/mol. The first kappa shape index (κ1) is 21.1. The van der Waals surface area contributed by atoms with Crippen LogP contribution in [0.25, 0.3) is 11.3 Å². The summed E-state index contributed by atoms with van der Waals surface area (Å²) in [5, 5.41) is 5.10. The Bertz CT molecular complexity index is 1030. The number of nitrogens with one attached hydrogen (secondary N) is 1. The SMILES string of the molecule is COCCCN1C(=S)N[C@H](c2ccccn2)[C@@H]1c1ccc(-c2ccc(Cl)c(Cl)c2)o1. The number of furan rings is 1. The summed E-state index contributed by atoms with van der Waals surface area (Å²) >= 11 is 17.9. The van der Waals surface area contributed by atoms with E-state index in [4.69, 9.17) is 44.6 Å². The van der Waals surface area contributed by atoms with Gasteiger partial charge >= 0.3 is 0 Å². The molecule has 0 saturated carbocycles. The third-order valence-electron chi connectivity index (χ3n) is 5.07. The van der Waals surface area contributed by atoms with E-state index >= 15 is 0 Å². The molecule has 0 radical (unpaired) electrons. The molecular formula is C22H21Cl2N3O2S. The van der Waals surface area contributed by atoms with E-state index in [-0.39, 0.29) is 12.1 Å². The van der Waals surface area contributed by atoms with Crippen molar-refractivity contribution in [1.29, 1.82) is 0 Å². The first-order valence-electron chi connectivity index (χ1n) is 9.60. The summed E-state index contributed by atoms with van der Waals surface area (Å²) in [6.45, 7) is 1.41. The van der Waals surface area contributed by atoms with Gasteiger partial charge in [0.05, 0.1) is 21.8 Å². The highest BCUT2D eigenvalue weighted by Crippen LogP contribution is 2.40. The molecule has 0 aliphatic carbocycles. The minimum Gasteiger partial charge on any atom is -0.459 e. The molecule has 0 bridgehead atoms. The molecule has 5 nitrogen and oxygen atoms in total. The number of pyridine rings is 1. The zero-order valence-corrected chi connectivity index (χ0v) is 18.7. The molecule has 0 spiro atoms. The fourth-order valence-corrected chi connectivity index (χ4v) is 4.28.